The molecule has 20 heavy (non-hydrogen) atoms. The van der Waals surface area contributed by atoms with Crippen molar-refractivity contribution >= 4 is 40.9 Å². The van der Waals surface area contributed by atoms with Crippen LogP contribution < -0.4 is 9.80 Å². The Balaban J connectivity index is 1.79. The summed E-state index contributed by atoms with van der Waals surface area (Å²) in [4.78, 5) is 8.65. The number of nitrogens with zero attached hydrogens (tertiary/aromatic N) is 3. The van der Waals surface area contributed by atoms with Crippen LogP contribution in [0, 0.1) is 0 Å². The summed E-state index contributed by atoms with van der Waals surface area (Å²) in [5.74, 6) is 0. The van der Waals surface area contributed by atoms with E-state index in [1.54, 1.807) is 0 Å². The molecule has 0 N–H and O–H groups in total. The van der Waals surface area contributed by atoms with Gasteiger partial charge in [-0.25, -0.2) is 0 Å². The second kappa shape index (κ2) is 5.73. The van der Waals surface area contributed by atoms with Crippen molar-refractivity contribution in [3.05, 3.63) is 58.6 Å². The minimum absolute atomic E-state index is 0.645. The lowest BCUT2D eigenvalue weighted by molar-refractivity contribution is 0.785. The summed E-state index contributed by atoms with van der Waals surface area (Å²) in [6.45, 7) is 1.39. The van der Waals surface area contributed by atoms with Crippen molar-refractivity contribution in [3.63, 3.8) is 0 Å². The Morgan fingerprint density at radius 1 is 0.800 bits per heavy atom. The molecule has 0 bridgehead atoms. The van der Waals surface area contributed by atoms with Crippen LogP contribution in [0.15, 0.2) is 53.5 Å². The number of halogens is 2. The van der Waals surface area contributed by atoms with E-state index in [9.17, 15) is 0 Å². The van der Waals surface area contributed by atoms with Crippen LogP contribution in [-0.4, -0.2) is 19.7 Å². The first kappa shape index (κ1) is 13.3. The Kier molecular flexibility index (Phi) is 3.81. The maximum absolute atomic E-state index is 5.92. The van der Waals surface area contributed by atoms with Gasteiger partial charge in [0.15, 0.2) is 0 Å². The molecule has 0 aromatic heterocycles. The Morgan fingerprint density at radius 3 is 1.95 bits per heavy atom. The van der Waals surface area contributed by atoms with E-state index in [0.717, 1.165) is 28.1 Å². The molecule has 0 spiro atoms. The highest BCUT2D eigenvalue weighted by atomic mass is 35.5. The average Bonchev–Trinajstić information content (AvgIpc) is 2.49. The quantitative estimate of drug-likeness (QED) is 0.825. The maximum Gasteiger partial charge on any atom is 0.113 e. The molecule has 0 aliphatic carbocycles. The molecular weight excluding hydrogens is 293 g/mol. The summed E-state index contributed by atoms with van der Waals surface area (Å²) < 4.78 is 0. The third kappa shape index (κ3) is 2.89. The number of benzene rings is 2. The summed E-state index contributed by atoms with van der Waals surface area (Å²) >= 11 is 11.8. The second-order valence-corrected chi connectivity index (χ2v) is 5.42. The average molecular weight is 306 g/mol. The smallest absolute Gasteiger partial charge is 0.113 e. The van der Waals surface area contributed by atoms with E-state index in [0.29, 0.717) is 6.67 Å². The molecule has 3 nitrogen and oxygen atoms in total. The van der Waals surface area contributed by atoms with E-state index in [2.05, 4.69) is 14.8 Å². The van der Waals surface area contributed by atoms with Gasteiger partial charge in [-0.2, -0.15) is 0 Å². The zero-order valence-corrected chi connectivity index (χ0v) is 12.2. The summed E-state index contributed by atoms with van der Waals surface area (Å²) in [5, 5.41) is 1.47. The van der Waals surface area contributed by atoms with Crippen LogP contribution in [0.2, 0.25) is 10.0 Å². The largest absolute Gasteiger partial charge is 0.334 e. The SMILES string of the molecule is Clc1ccc(N2C=NCN(c3ccc(Cl)cc3)C2)cc1. The number of hydrogen-bond donors (Lipinski definition) is 0. The predicted molar refractivity (Wildman–Crippen MR) is 86.1 cm³/mol. The van der Waals surface area contributed by atoms with Gasteiger partial charge in [0.2, 0.25) is 0 Å². The topological polar surface area (TPSA) is 18.8 Å². The molecule has 0 atom stereocenters. The van der Waals surface area contributed by atoms with Crippen LogP contribution >= 0.6 is 23.2 Å². The van der Waals surface area contributed by atoms with Gasteiger partial charge in [0, 0.05) is 21.4 Å². The fraction of sp³-hybridized carbons (Fsp3) is 0.133. The van der Waals surface area contributed by atoms with E-state index in [1.165, 1.54) is 0 Å². The van der Waals surface area contributed by atoms with Crippen molar-refractivity contribution in [3.8, 4) is 0 Å². The Hall–Kier alpha value is -1.71. The van der Waals surface area contributed by atoms with Gasteiger partial charge in [-0.05, 0) is 48.5 Å². The van der Waals surface area contributed by atoms with Gasteiger partial charge in [-0.1, -0.05) is 23.2 Å². The van der Waals surface area contributed by atoms with Gasteiger partial charge in [0.05, 0.1) is 13.0 Å². The molecule has 0 amide bonds. The zero-order valence-electron chi connectivity index (χ0n) is 10.7. The number of aliphatic imine (C=N–C) groups is 1. The van der Waals surface area contributed by atoms with Gasteiger partial charge in [0.1, 0.15) is 6.67 Å². The highest BCUT2D eigenvalue weighted by molar-refractivity contribution is 6.30. The van der Waals surface area contributed by atoms with Crippen molar-refractivity contribution in [2.75, 3.05) is 23.1 Å². The Labute approximate surface area is 128 Å². The molecule has 2 aromatic carbocycles. The molecule has 0 unspecified atom stereocenters. The first-order valence-corrected chi connectivity index (χ1v) is 7.01. The van der Waals surface area contributed by atoms with Crippen LogP contribution in [-0.2, 0) is 0 Å². The van der Waals surface area contributed by atoms with Crippen LogP contribution in [0.1, 0.15) is 0 Å². The van der Waals surface area contributed by atoms with Crippen LogP contribution in [0.25, 0.3) is 0 Å². The molecule has 0 saturated carbocycles. The van der Waals surface area contributed by atoms with E-state index >= 15 is 0 Å². The van der Waals surface area contributed by atoms with Crippen molar-refractivity contribution < 1.29 is 0 Å². The zero-order chi connectivity index (χ0) is 13.9. The van der Waals surface area contributed by atoms with Gasteiger partial charge in [0.25, 0.3) is 0 Å². The fourth-order valence-corrected chi connectivity index (χ4v) is 2.35. The molecule has 2 aromatic rings. The van der Waals surface area contributed by atoms with Crippen molar-refractivity contribution in [2.45, 2.75) is 0 Å². The summed E-state index contributed by atoms with van der Waals surface area (Å²) in [6, 6.07) is 15.5. The van der Waals surface area contributed by atoms with Crippen LogP contribution in [0.3, 0.4) is 0 Å². The third-order valence-electron chi connectivity index (χ3n) is 3.15. The Morgan fingerprint density at radius 2 is 1.35 bits per heavy atom. The molecule has 0 saturated heterocycles. The summed E-state index contributed by atoms with van der Waals surface area (Å²) in [5.41, 5.74) is 2.17. The van der Waals surface area contributed by atoms with Crippen molar-refractivity contribution in [1.29, 1.82) is 0 Å². The molecule has 0 radical (unpaired) electrons. The van der Waals surface area contributed by atoms with Gasteiger partial charge < -0.3 is 9.80 Å². The molecule has 1 aliphatic heterocycles. The van der Waals surface area contributed by atoms with Gasteiger partial charge in [-0.3, -0.25) is 4.99 Å². The number of rotatable bonds is 2. The minimum Gasteiger partial charge on any atom is -0.334 e. The van der Waals surface area contributed by atoms with E-state index in [-0.39, 0.29) is 0 Å². The molecular formula is C15H13Cl2N3. The molecule has 3 rings (SSSR count). The van der Waals surface area contributed by atoms with Crippen molar-refractivity contribution in [1.82, 2.24) is 0 Å². The predicted octanol–water partition coefficient (Wildman–Crippen LogP) is 4.26. The second-order valence-electron chi connectivity index (χ2n) is 4.54. The first-order valence-electron chi connectivity index (χ1n) is 6.25. The molecule has 102 valence electrons. The Bertz CT molecular complexity index is 608. The highest BCUT2D eigenvalue weighted by Gasteiger charge is 2.15. The lowest BCUT2D eigenvalue weighted by Crippen LogP contribution is -2.41. The van der Waals surface area contributed by atoms with Crippen LogP contribution in [0.4, 0.5) is 11.4 Å². The highest BCUT2D eigenvalue weighted by Crippen LogP contribution is 2.23. The third-order valence-corrected chi connectivity index (χ3v) is 3.65. The van der Waals surface area contributed by atoms with E-state index < -0.39 is 0 Å². The maximum atomic E-state index is 5.92. The number of hydrogen-bond acceptors (Lipinski definition) is 3. The van der Waals surface area contributed by atoms with Gasteiger partial charge >= 0.3 is 0 Å². The molecule has 0 fully saturated rings. The van der Waals surface area contributed by atoms with E-state index in [4.69, 9.17) is 23.2 Å². The monoisotopic (exact) mass is 305 g/mol. The normalized spacial score (nSPS) is 14.7. The minimum atomic E-state index is 0.645. The van der Waals surface area contributed by atoms with E-state index in [1.807, 2.05) is 54.9 Å². The molecule has 5 heteroatoms. The lowest BCUT2D eigenvalue weighted by Gasteiger charge is -2.33. The number of anilines is 2. The summed E-state index contributed by atoms with van der Waals surface area (Å²) in [6.07, 6.45) is 1.86. The summed E-state index contributed by atoms with van der Waals surface area (Å²) in [7, 11) is 0. The van der Waals surface area contributed by atoms with Gasteiger partial charge in [-0.15, -0.1) is 0 Å². The fourth-order valence-electron chi connectivity index (χ4n) is 2.09. The first-order chi connectivity index (χ1) is 9.72. The standard InChI is InChI=1S/C15H13Cl2N3/c16-12-1-5-14(6-2-12)19-9-18-10-20(11-19)15-7-3-13(17)4-8-15/h1-9H,10-11H2. The molecule has 1 aliphatic rings. The van der Waals surface area contributed by atoms with Crippen LogP contribution in [0.5, 0.6) is 0 Å². The lowest BCUT2D eigenvalue weighted by atomic mass is 10.3. The molecule has 1 heterocycles. The van der Waals surface area contributed by atoms with Crippen molar-refractivity contribution in [2.24, 2.45) is 4.99 Å².